The molecule has 2 amide bonds. The summed E-state index contributed by atoms with van der Waals surface area (Å²) in [7, 11) is 0. The molecular weight excluding hydrogens is 434 g/mol. The number of aromatic nitrogens is 1. The lowest BCUT2D eigenvalue weighted by Gasteiger charge is -2.17. The molecule has 1 aliphatic rings. The number of hydrogen-bond acceptors (Lipinski definition) is 3. The van der Waals surface area contributed by atoms with Gasteiger partial charge >= 0.3 is 0 Å². The number of carbonyl (C=O) groups excluding carboxylic acids is 2. The minimum absolute atomic E-state index is 0.000533. The molecule has 1 saturated heterocycles. The molecule has 0 aromatic carbocycles. The molecule has 0 spiro atoms. The normalized spacial score (nSPS) is 16.6. The van der Waals surface area contributed by atoms with E-state index in [1.54, 1.807) is 24.4 Å². The maximum atomic E-state index is 12.5. The summed E-state index contributed by atoms with van der Waals surface area (Å²) in [5, 5.41) is 2.98. The Hall–Kier alpha value is -3.21. The summed E-state index contributed by atoms with van der Waals surface area (Å²) >= 11 is 0. The van der Waals surface area contributed by atoms with Gasteiger partial charge in [-0.15, -0.1) is 0 Å². The Bertz CT molecular complexity index is 884. The van der Waals surface area contributed by atoms with Gasteiger partial charge in [0, 0.05) is 31.7 Å². The van der Waals surface area contributed by atoms with E-state index in [2.05, 4.69) is 78.0 Å². The van der Waals surface area contributed by atoms with Gasteiger partial charge in [0.2, 0.25) is 5.91 Å². The number of nitrogens with one attached hydrogen (secondary N) is 1. The van der Waals surface area contributed by atoms with Crippen LogP contribution in [0.1, 0.15) is 75.2 Å². The maximum absolute atomic E-state index is 12.5. The lowest BCUT2D eigenvalue weighted by molar-refractivity contribution is -0.130. The Morgan fingerprint density at radius 1 is 0.943 bits per heavy atom. The highest BCUT2D eigenvalue weighted by Gasteiger charge is 2.27. The van der Waals surface area contributed by atoms with Crippen molar-refractivity contribution in [1.82, 2.24) is 15.2 Å². The van der Waals surface area contributed by atoms with E-state index in [4.69, 9.17) is 0 Å². The predicted molar refractivity (Wildman–Crippen MR) is 145 cm³/mol. The third kappa shape index (κ3) is 12.7. The van der Waals surface area contributed by atoms with Crippen molar-refractivity contribution in [2.45, 2.75) is 70.8 Å². The van der Waals surface area contributed by atoms with E-state index in [1.165, 1.54) is 0 Å². The summed E-state index contributed by atoms with van der Waals surface area (Å²) < 4.78 is 0. The van der Waals surface area contributed by atoms with Crippen LogP contribution in [0.3, 0.4) is 0 Å². The molecule has 1 aromatic rings. The molecule has 1 N–H and O–H groups in total. The summed E-state index contributed by atoms with van der Waals surface area (Å²) in [6.45, 7) is 3.43. The van der Waals surface area contributed by atoms with Crippen LogP contribution in [0.4, 0.5) is 0 Å². The first kappa shape index (κ1) is 28.0. The number of unbranched alkanes of at least 4 members (excludes halogenated alkanes) is 1. The Morgan fingerprint density at radius 2 is 1.57 bits per heavy atom. The standard InChI is InChI=1S/C30H41N3O2/c1-2-3-4-5-6-7-8-9-10-11-12-13-14-15-16-17-18-22-29(34)33-25-23-27(26-33)32-30(35)28-21-19-20-24-31-28/h3-4,6-7,9-10,12-13,15-16,19-21,24,27H,2,5,8,11,14,17-18,22-23,25-26H2,1H3,(H,32,35). The maximum Gasteiger partial charge on any atom is 0.270 e. The van der Waals surface area contributed by atoms with E-state index < -0.39 is 0 Å². The van der Waals surface area contributed by atoms with Crippen molar-refractivity contribution in [3.05, 3.63) is 90.9 Å². The van der Waals surface area contributed by atoms with Gasteiger partial charge in [0.1, 0.15) is 5.69 Å². The lowest BCUT2D eigenvalue weighted by Crippen LogP contribution is -2.38. The van der Waals surface area contributed by atoms with Crippen molar-refractivity contribution < 1.29 is 9.59 Å². The molecule has 0 bridgehead atoms. The van der Waals surface area contributed by atoms with Crippen LogP contribution in [-0.2, 0) is 4.79 Å². The largest absolute Gasteiger partial charge is 0.346 e. The van der Waals surface area contributed by atoms with E-state index >= 15 is 0 Å². The highest BCUT2D eigenvalue weighted by molar-refractivity contribution is 5.92. The van der Waals surface area contributed by atoms with Crippen molar-refractivity contribution >= 4 is 11.8 Å². The van der Waals surface area contributed by atoms with E-state index in [0.717, 1.165) is 51.4 Å². The van der Waals surface area contributed by atoms with Crippen LogP contribution in [0.5, 0.6) is 0 Å². The Balaban J connectivity index is 1.48. The van der Waals surface area contributed by atoms with Gasteiger partial charge in [-0.05, 0) is 63.5 Å². The van der Waals surface area contributed by atoms with Crippen LogP contribution in [0, 0.1) is 0 Å². The molecule has 1 atom stereocenters. The highest BCUT2D eigenvalue weighted by Crippen LogP contribution is 2.13. The van der Waals surface area contributed by atoms with E-state index in [1.807, 2.05) is 4.90 Å². The minimum atomic E-state index is -0.178. The molecule has 2 heterocycles. The number of nitrogens with zero attached hydrogens (tertiary/aromatic N) is 2. The number of hydrogen-bond donors (Lipinski definition) is 1. The Kier molecular flexibility index (Phi) is 14.5. The molecule has 0 aliphatic carbocycles. The number of allylic oxidation sites excluding steroid dienone is 10. The molecule has 0 radical (unpaired) electrons. The second kappa shape index (κ2) is 18.2. The smallest absolute Gasteiger partial charge is 0.270 e. The summed E-state index contributed by atoms with van der Waals surface area (Å²) in [6.07, 6.45) is 31.6. The van der Waals surface area contributed by atoms with E-state index in [0.29, 0.717) is 25.2 Å². The molecule has 5 nitrogen and oxygen atoms in total. The zero-order chi connectivity index (χ0) is 25.0. The fourth-order valence-corrected chi connectivity index (χ4v) is 3.76. The first-order valence-electron chi connectivity index (χ1n) is 12.9. The second-order valence-electron chi connectivity index (χ2n) is 8.61. The van der Waals surface area contributed by atoms with Crippen molar-refractivity contribution in [2.24, 2.45) is 0 Å². The minimum Gasteiger partial charge on any atom is -0.346 e. The lowest BCUT2D eigenvalue weighted by atomic mass is 10.2. The Labute approximate surface area is 211 Å². The van der Waals surface area contributed by atoms with E-state index in [-0.39, 0.29) is 17.9 Å². The molecule has 188 valence electrons. The zero-order valence-corrected chi connectivity index (χ0v) is 21.1. The van der Waals surface area contributed by atoms with Gasteiger partial charge in [-0.25, -0.2) is 0 Å². The van der Waals surface area contributed by atoms with Gasteiger partial charge < -0.3 is 10.2 Å². The van der Waals surface area contributed by atoms with Gasteiger partial charge in [-0.1, -0.05) is 73.8 Å². The fraction of sp³-hybridized carbons (Fsp3) is 0.433. The van der Waals surface area contributed by atoms with Gasteiger partial charge in [-0.2, -0.15) is 0 Å². The van der Waals surface area contributed by atoms with Crippen molar-refractivity contribution in [1.29, 1.82) is 0 Å². The molecule has 1 fully saturated rings. The average Bonchev–Trinajstić information content (AvgIpc) is 3.35. The van der Waals surface area contributed by atoms with Crippen LogP contribution in [-0.4, -0.2) is 40.8 Å². The second-order valence-corrected chi connectivity index (χ2v) is 8.61. The van der Waals surface area contributed by atoms with E-state index in [9.17, 15) is 9.59 Å². The van der Waals surface area contributed by atoms with Gasteiger partial charge in [0.15, 0.2) is 0 Å². The van der Waals surface area contributed by atoms with Crippen molar-refractivity contribution in [2.75, 3.05) is 13.1 Å². The SMILES string of the molecule is CCC=CCC=CCC=CCC=CCC=CCCCC(=O)N1CCC(NC(=O)c2ccccn2)C1. The summed E-state index contributed by atoms with van der Waals surface area (Å²) in [5.41, 5.74) is 0.411. The number of likely N-dealkylation sites (tertiary alicyclic amines) is 1. The van der Waals surface area contributed by atoms with Crippen LogP contribution < -0.4 is 5.32 Å². The molecule has 1 unspecified atom stereocenters. The third-order valence-electron chi connectivity index (χ3n) is 5.69. The molecule has 1 aromatic heterocycles. The van der Waals surface area contributed by atoms with Gasteiger partial charge in [0.05, 0.1) is 0 Å². The zero-order valence-electron chi connectivity index (χ0n) is 21.1. The van der Waals surface area contributed by atoms with Crippen LogP contribution >= 0.6 is 0 Å². The number of carbonyl (C=O) groups is 2. The molecule has 35 heavy (non-hydrogen) atoms. The monoisotopic (exact) mass is 475 g/mol. The van der Waals surface area contributed by atoms with Crippen LogP contribution in [0.15, 0.2) is 85.2 Å². The number of amides is 2. The third-order valence-corrected chi connectivity index (χ3v) is 5.69. The molecule has 2 rings (SSSR count). The first-order valence-corrected chi connectivity index (χ1v) is 12.9. The molecule has 0 saturated carbocycles. The van der Waals surface area contributed by atoms with Gasteiger partial charge in [0.25, 0.3) is 5.91 Å². The first-order chi connectivity index (χ1) is 17.2. The topological polar surface area (TPSA) is 62.3 Å². The van der Waals surface area contributed by atoms with Gasteiger partial charge in [-0.3, -0.25) is 14.6 Å². The van der Waals surface area contributed by atoms with Crippen LogP contribution in [0.2, 0.25) is 0 Å². The van der Waals surface area contributed by atoms with Crippen molar-refractivity contribution in [3.8, 4) is 0 Å². The molecular formula is C30H41N3O2. The average molecular weight is 476 g/mol. The summed E-state index contributed by atoms with van der Waals surface area (Å²) in [5.74, 6) is -0.00442. The predicted octanol–water partition coefficient (Wildman–Crippen LogP) is 6.33. The summed E-state index contributed by atoms with van der Waals surface area (Å²) in [4.78, 5) is 30.6. The number of pyridine rings is 1. The number of rotatable bonds is 15. The van der Waals surface area contributed by atoms with Crippen LogP contribution in [0.25, 0.3) is 0 Å². The highest BCUT2D eigenvalue weighted by atomic mass is 16.2. The molecule has 1 aliphatic heterocycles. The quantitative estimate of drug-likeness (QED) is 0.238. The van der Waals surface area contributed by atoms with Crippen molar-refractivity contribution in [3.63, 3.8) is 0 Å². The Morgan fingerprint density at radius 3 is 2.17 bits per heavy atom. The summed E-state index contributed by atoms with van der Waals surface area (Å²) in [6, 6.07) is 5.27. The fourth-order valence-electron chi connectivity index (χ4n) is 3.76. The molecule has 5 heteroatoms.